The average molecular weight is 472 g/mol. The van der Waals surface area contributed by atoms with Gasteiger partial charge in [-0.3, -0.25) is 4.79 Å². The smallest absolute Gasteiger partial charge is 0.324 e. The first-order chi connectivity index (χ1) is 15.7. The fourth-order valence-electron chi connectivity index (χ4n) is 3.16. The molecule has 0 bridgehead atoms. The van der Waals surface area contributed by atoms with Gasteiger partial charge in [0, 0.05) is 23.9 Å². The number of ether oxygens (including phenoxy) is 2. The lowest BCUT2D eigenvalue weighted by Crippen LogP contribution is -2.36. The summed E-state index contributed by atoms with van der Waals surface area (Å²) in [6.45, 7) is 3.31. The normalized spacial score (nSPS) is 11.3. The van der Waals surface area contributed by atoms with Crippen LogP contribution in [0.1, 0.15) is 25.3 Å². The van der Waals surface area contributed by atoms with Crippen LogP contribution in [-0.4, -0.2) is 50.2 Å². The second kappa shape index (κ2) is 9.86. The Bertz CT molecular complexity index is 1240. The number of anilines is 1. The molecule has 0 spiro atoms. The summed E-state index contributed by atoms with van der Waals surface area (Å²) in [7, 11) is -1.66. The predicted molar refractivity (Wildman–Crippen MR) is 123 cm³/mol. The fourth-order valence-corrected chi connectivity index (χ4v) is 4.70. The lowest BCUT2D eigenvalue weighted by Gasteiger charge is -2.23. The van der Waals surface area contributed by atoms with Gasteiger partial charge in [0.1, 0.15) is 28.8 Å². The van der Waals surface area contributed by atoms with Crippen molar-refractivity contribution in [2.24, 2.45) is 0 Å². The lowest BCUT2D eigenvalue weighted by atomic mass is 10.0. The summed E-state index contributed by atoms with van der Waals surface area (Å²) in [5.41, 5.74) is 1.81. The Labute approximate surface area is 192 Å². The third kappa shape index (κ3) is 5.23. The summed E-state index contributed by atoms with van der Waals surface area (Å²) >= 11 is 0. The number of rotatable bonds is 9. The fraction of sp³-hybridized carbons (Fsp3) is 0.261. The number of carbonyl (C=O) groups is 1. The van der Waals surface area contributed by atoms with Crippen molar-refractivity contribution in [3.05, 3.63) is 60.3 Å². The minimum atomic E-state index is -4.38. The molecule has 174 valence electrons. The van der Waals surface area contributed by atoms with Gasteiger partial charge in [0.2, 0.25) is 0 Å². The van der Waals surface area contributed by atoms with Crippen molar-refractivity contribution in [2.75, 3.05) is 25.1 Å². The van der Waals surface area contributed by atoms with E-state index in [1.54, 1.807) is 6.07 Å². The number of nitrogens with zero attached hydrogens (tertiary/aromatic N) is 3. The van der Waals surface area contributed by atoms with Crippen LogP contribution in [0, 0.1) is 0 Å². The molecule has 0 fully saturated rings. The standard InChI is InChI=1S/C23H25N3O6S/c1-15(2)16-5-7-17(8-6-16)23-24-12-11-21(25-23)26(14-22(27)28)33(29,30)20-13-18(31-3)9-10-19(20)32-4/h5-13,15H,14H2,1-4H3,(H,27,28). The van der Waals surface area contributed by atoms with Gasteiger partial charge in [0.05, 0.1) is 14.2 Å². The molecule has 0 aliphatic heterocycles. The third-order valence-corrected chi connectivity index (χ3v) is 6.72. The zero-order valence-corrected chi connectivity index (χ0v) is 19.5. The molecule has 0 saturated heterocycles. The molecule has 1 N–H and O–H groups in total. The van der Waals surface area contributed by atoms with Crippen molar-refractivity contribution in [3.8, 4) is 22.9 Å². The molecule has 0 radical (unpaired) electrons. The molecule has 3 rings (SSSR count). The number of sulfonamides is 1. The molecule has 10 heteroatoms. The minimum Gasteiger partial charge on any atom is -0.497 e. The molecule has 0 saturated carbocycles. The van der Waals surface area contributed by atoms with Crippen molar-refractivity contribution in [1.29, 1.82) is 0 Å². The van der Waals surface area contributed by atoms with Gasteiger partial charge in [0.15, 0.2) is 5.82 Å². The summed E-state index contributed by atoms with van der Waals surface area (Å²) in [6, 6.07) is 13.2. The topological polar surface area (TPSA) is 119 Å². The van der Waals surface area contributed by atoms with E-state index in [0.29, 0.717) is 15.8 Å². The van der Waals surface area contributed by atoms with Crippen LogP contribution in [0.2, 0.25) is 0 Å². The highest BCUT2D eigenvalue weighted by Crippen LogP contribution is 2.33. The van der Waals surface area contributed by atoms with Crippen LogP contribution in [0.3, 0.4) is 0 Å². The Morgan fingerprint density at radius 1 is 1.06 bits per heavy atom. The van der Waals surface area contributed by atoms with Crippen molar-refractivity contribution in [1.82, 2.24) is 9.97 Å². The zero-order valence-electron chi connectivity index (χ0n) is 18.7. The van der Waals surface area contributed by atoms with Crippen molar-refractivity contribution >= 4 is 21.8 Å². The highest BCUT2D eigenvalue weighted by Gasteiger charge is 2.31. The van der Waals surface area contributed by atoms with Gasteiger partial charge >= 0.3 is 5.97 Å². The summed E-state index contributed by atoms with van der Waals surface area (Å²) < 4.78 is 38.2. The first-order valence-electron chi connectivity index (χ1n) is 10.1. The summed E-state index contributed by atoms with van der Waals surface area (Å²) in [5.74, 6) is -0.489. The maximum Gasteiger partial charge on any atom is 0.324 e. The largest absolute Gasteiger partial charge is 0.497 e. The van der Waals surface area contributed by atoms with E-state index >= 15 is 0 Å². The maximum atomic E-state index is 13.6. The van der Waals surface area contributed by atoms with Gasteiger partial charge in [-0.1, -0.05) is 38.1 Å². The van der Waals surface area contributed by atoms with Crippen molar-refractivity contribution in [3.63, 3.8) is 0 Å². The number of hydrogen-bond acceptors (Lipinski definition) is 7. The molecule has 0 atom stereocenters. The Hall–Kier alpha value is -3.66. The van der Waals surface area contributed by atoms with Gasteiger partial charge in [0.25, 0.3) is 10.0 Å². The lowest BCUT2D eigenvalue weighted by molar-refractivity contribution is -0.135. The minimum absolute atomic E-state index is 0.0461. The van der Waals surface area contributed by atoms with Crippen LogP contribution in [0.25, 0.3) is 11.4 Å². The average Bonchev–Trinajstić information content (AvgIpc) is 2.82. The molecule has 1 heterocycles. The van der Waals surface area contributed by atoms with Gasteiger partial charge in [-0.15, -0.1) is 0 Å². The quantitative estimate of drug-likeness (QED) is 0.503. The van der Waals surface area contributed by atoms with E-state index in [0.717, 1.165) is 5.56 Å². The van der Waals surface area contributed by atoms with E-state index in [9.17, 15) is 18.3 Å². The van der Waals surface area contributed by atoms with E-state index in [-0.39, 0.29) is 28.0 Å². The van der Waals surface area contributed by atoms with Crippen LogP contribution >= 0.6 is 0 Å². The number of benzene rings is 2. The number of carboxylic acid groups (broad SMARTS) is 1. The second-order valence-corrected chi connectivity index (χ2v) is 9.27. The van der Waals surface area contributed by atoms with Crippen molar-refractivity contribution in [2.45, 2.75) is 24.7 Å². The number of methoxy groups -OCH3 is 2. The summed E-state index contributed by atoms with van der Waals surface area (Å²) in [6.07, 6.45) is 1.39. The molecule has 0 aliphatic carbocycles. The summed E-state index contributed by atoms with van der Waals surface area (Å²) in [4.78, 5) is 19.9. The summed E-state index contributed by atoms with van der Waals surface area (Å²) in [5, 5.41) is 9.45. The Kier molecular flexibility index (Phi) is 7.17. The van der Waals surface area contributed by atoms with Gasteiger partial charge in [-0.05, 0) is 23.6 Å². The zero-order chi connectivity index (χ0) is 24.2. The Morgan fingerprint density at radius 2 is 1.76 bits per heavy atom. The number of aromatic nitrogens is 2. The third-order valence-electron chi connectivity index (χ3n) is 4.95. The molecular formula is C23H25N3O6S. The van der Waals surface area contributed by atoms with Crippen LogP contribution < -0.4 is 13.8 Å². The van der Waals surface area contributed by atoms with Crippen LogP contribution in [0.4, 0.5) is 5.82 Å². The van der Waals surface area contributed by atoms with Crippen LogP contribution in [0.15, 0.2) is 59.6 Å². The molecule has 1 aromatic heterocycles. The SMILES string of the molecule is COc1ccc(OC)c(S(=O)(=O)N(CC(=O)O)c2ccnc(-c3ccc(C(C)C)cc3)n2)c1. The molecular weight excluding hydrogens is 446 g/mol. The number of hydrogen-bond donors (Lipinski definition) is 1. The highest BCUT2D eigenvalue weighted by molar-refractivity contribution is 7.93. The second-order valence-electron chi connectivity index (χ2n) is 7.44. The molecule has 0 unspecified atom stereocenters. The van der Waals surface area contributed by atoms with E-state index in [4.69, 9.17) is 9.47 Å². The number of aliphatic carboxylic acids is 1. The van der Waals surface area contributed by atoms with Crippen molar-refractivity contribution < 1.29 is 27.8 Å². The van der Waals surface area contributed by atoms with Crippen LogP contribution in [0.5, 0.6) is 11.5 Å². The highest BCUT2D eigenvalue weighted by atomic mass is 32.2. The molecule has 9 nitrogen and oxygen atoms in total. The van der Waals surface area contributed by atoms with Gasteiger partial charge < -0.3 is 14.6 Å². The van der Waals surface area contributed by atoms with Crippen LogP contribution in [-0.2, 0) is 14.8 Å². The van der Waals surface area contributed by atoms with E-state index in [2.05, 4.69) is 23.8 Å². The predicted octanol–water partition coefficient (Wildman–Crippen LogP) is 3.56. The van der Waals surface area contributed by atoms with E-state index < -0.39 is 22.5 Å². The number of carboxylic acids is 1. The first-order valence-corrected chi connectivity index (χ1v) is 11.5. The van der Waals surface area contributed by atoms with E-state index in [1.165, 1.54) is 38.6 Å². The maximum absolute atomic E-state index is 13.6. The molecule has 33 heavy (non-hydrogen) atoms. The van der Waals surface area contributed by atoms with E-state index in [1.807, 2.05) is 24.3 Å². The monoisotopic (exact) mass is 471 g/mol. The molecule has 0 amide bonds. The Morgan fingerprint density at radius 3 is 2.33 bits per heavy atom. The van der Waals surface area contributed by atoms with Gasteiger partial charge in [-0.2, -0.15) is 0 Å². The molecule has 3 aromatic rings. The Balaban J connectivity index is 2.11. The van der Waals surface area contributed by atoms with Gasteiger partial charge in [-0.25, -0.2) is 22.7 Å². The molecule has 2 aromatic carbocycles. The first kappa shape index (κ1) is 24.0. The molecule has 0 aliphatic rings.